The summed E-state index contributed by atoms with van der Waals surface area (Å²) in [5.74, 6) is -0.550. The lowest BCUT2D eigenvalue weighted by Gasteiger charge is -2.11. The Balaban J connectivity index is 1.68. The minimum Gasteiger partial charge on any atom is -0.493 e. The van der Waals surface area contributed by atoms with Gasteiger partial charge in [0.25, 0.3) is 5.91 Å². The molecule has 4 aromatic rings. The Labute approximate surface area is 185 Å². The summed E-state index contributed by atoms with van der Waals surface area (Å²) in [5, 5.41) is 11.4. The molecule has 32 heavy (non-hydrogen) atoms. The molecule has 0 aliphatic heterocycles. The van der Waals surface area contributed by atoms with Crippen molar-refractivity contribution in [3.8, 4) is 17.1 Å². The first-order chi connectivity index (χ1) is 15.3. The summed E-state index contributed by atoms with van der Waals surface area (Å²) in [7, 11) is 1.33. The molecule has 164 valence electrons. The summed E-state index contributed by atoms with van der Waals surface area (Å²) in [6, 6.07) is 11.2. The molecule has 0 atom stereocenters. The lowest BCUT2D eigenvalue weighted by Crippen LogP contribution is -2.16. The van der Waals surface area contributed by atoms with Gasteiger partial charge >= 0.3 is 6.18 Å². The zero-order valence-corrected chi connectivity index (χ0v) is 17.2. The molecule has 2 aromatic carbocycles. The van der Waals surface area contributed by atoms with E-state index >= 15 is 0 Å². The number of carbonyl (C=O) groups excluding carboxylic acids is 1. The molecule has 4 rings (SSSR count). The predicted molar refractivity (Wildman–Crippen MR) is 112 cm³/mol. The van der Waals surface area contributed by atoms with E-state index in [1.807, 2.05) is 0 Å². The molecule has 0 saturated heterocycles. The van der Waals surface area contributed by atoms with E-state index in [1.165, 1.54) is 25.4 Å². The van der Waals surface area contributed by atoms with E-state index in [-0.39, 0.29) is 17.1 Å². The molecule has 2 aromatic heterocycles. The van der Waals surface area contributed by atoms with Gasteiger partial charge in [0.15, 0.2) is 11.4 Å². The van der Waals surface area contributed by atoms with Gasteiger partial charge in [-0.25, -0.2) is 9.36 Å². The Morgan fingerprint density at radius 2 is 1.94 bits per heavy atom. The minimum absolute atomic E-state index is 0.0857. The number of nitrogens with one attached hydrogen (secondary N) is 1. The Morgan fingerprint density at radius 1 is 1.12 bits per heavy atom. The van der Waals surface area contributed by atoms with Crippen molar-refractivity contribution < 1.29 is 22.7 Å². The fourth-order valence-corrected chi connectivity index (χ4v) is 3.19. The van der Waals surface area contributed by atoms with Crippen LogP contribution in [0.5, 0.6) is 5.75 Å². The van der Waals surface area contributed by atoms with E-state index in [2.05, 4.69) is 15.5 Å². The van der Waals surface area contributed by atoms with Gasteiger partial charge in [-0.15, -0.1) is 0 Å². The SMILES string of the molecule is COc1cn(-c2cccc(C(F)(F)F)c2)nc1C(=O)Nc1cc(Cl)ccc1-n1cccn1. The van der Waals surface area contributed by atoms with Crippen molar-refractivity contribution in [2.75, 3.05) is 12.4 Å². The van der Waals surface area contributed by atoms with E-state index in [1.54, 1.807) is 41.3 Å². The number of nitrogens with zero attached hydrogens (tertiary/aromatic N) is 4. The number of ether oxygens (including phenoxy) is 1. The minimum atomic E-state index is -4.51. The Kier molecular flexibility index (Phi) is 5.62. The van der Waals surface area contributed by atoms with Crippen LogP contribution in [0.15, 0.2) is 67.1 Å². The van der Waals surface area contributed by atoms with Gasteiger partial charge in [0.1, 0.15) is 0 Å². The van der Waals surface area contributed by atoms with Crippen molar-refractivity contribution in [3.63, 3.8) is 0 Å². The van der Waals surface area contributed by atoms with Gasteiger partial charge in [-0.2, -0.15) is 23.4 Å². The molecule has 0 saturated carbocycles. The fraction of sp³-hybridized carbons (Fsp3) is 0.0952. The first-order valence-corrected chi connectivity index (χ1v) is 9.56. The number of methoxy groups -OCH3 is 1. The number of anilines is 1. The molecule has 0 aliphatic rings. The zero-order valence-electron chi connectivity index (χ0n) is 16.5. The zero-order chi connectivity index (χ0) is 22.9. The second-order valence-electron chi connectivity index (χ2n) is 6.60. The van der Waals surface area contributed by atoms with Crippen molar-refractivity contribution in [3.05, 3.63) is 83.4 Å². The van der Waals surface area contributed by atoms with Crippen LogP contribution in [0.4, 0.5) is 18.9 Å². The third kappa shape index (κ3) is 4.30. The number of carbonyl (C=O) groups is 1. The maximum absolute atomic E-state index is 13.1. The second kappa shape index (κ2) is 8.39. The molecule has 0 bridgehead atoms. The number of aromatic nitrogens is 4. The van der Waals surface area contributed by atoms with Crippen molar-refractivity contribution in [1.82, 2.24) is 19.6 Å². The molecule has 0 aliphatic carbocycles. The van der Waals surface area contributed by atoms with Crippen LogP contribution in [0.25, 0.3) is 11.4 Å². The monoisotopic (exact) mass is 461 g/mol. The van der Waals surface area contributed by atoms with Crippen LogP contribution < -0.4 is 10.1 Å². The van der Waals surface area contributed by atoms with Crippen LogP contribution >= 0.6 is 11.6 Å². The van der Waals surface area contributed by atoms with E-state index in [0.717, 1.165) is 16.8 Å². The number of amides is 1. The number of hydrogen-bond acceptors (Lipinski definition) is 4. The molecule has 1 N–H and O–H groups in total. The Morgan fingerprint density at radius 3 is 2.62 bits per heavy atom. The lowest BCUT2D eigenvalue weighted by atomic mass is 10.2. The van der Waals surface area contributed by atoms with E-state index in [4.69, 9.17) is 16.3 Å². The molecule has 2 heterocycles. The molecule has 0 unspecified atom stereocenters. The lowest BCUT2D eigenvalue weighted by molar-refractivity contribution is -0.137. The maximum atomic E-state index is 13.1. The number of halogens is 4. The first kappa shape index (κ1) is 21.4. The van der Waals surface area contributed by atoms with Gasteiger partial charge < -0.3 is 10.1 Å². The largest absolute Gasteiger partial charge is 0.493 e. The molecule has 0 fully saturated rings. The molecule has 0 radical (unpaired) electrons. The van der Waals surface area contributed by atoms with Crippen LogP contribution in [0, 0.1) is 0 Å². The van der Waals surface area contributed by atoms with Crippen molar-refractivity contribution in [1.29, 1.82) is 0 Å². The summed E-state index contributed by atoms with van der Waals surface area (Å²) >= 11 is 6.08. The number of rotatable bonds is 5. The summed E-state index contributed by atoms with van der Waals surface area (Å²) < 4.78 is 47.1. The van der Waals surface area contributed by atoms with Gasteiger partial charge in [-0.3, -0.25) is 4.79 Å². The smallest absolute Gasteiger partial charge is 0.416 e. The summed E-state index contributed by atoms with van der Waals surface area (Å²) in [6.45, 7) is 0. The number of alkyl halides is 3. The van der Waals surface area contributed by atoms with Crippen LogP contribution in [-0.2, 0) is 6.18 Å². The third-order valence-corrected chi connectivity index (χ3v) is 4.75. The van der Waals surface area contributed by atoms with Crippen molar-refractivity contribution >= 4 is 23.2 Å². The Bertz CT molecular complexity index is 1270. The first-order valence-electron chi connectivity index (χ1n) is 9.18. The molecule has 11 heteroatoms. The normalized spacial score (nSPS) is 11.4. The molecule has 7 nitrogen and oxygen atoms in total. The van der Waals surface area contributed by atoms with Gasteiger partial charge in [0.2, 0.25) is 0 Å². The van der Waals surface area contributed by atoms with Crippen molar-refractivity contribution in [2.45, 2.75) is 6.18 Å². The van der Waals surface area contributed by atoms with Crippen LogP contribution in [-0.4, -0.2) is 32.6 Å². The predicted octanol–water partition coefficient (Wildman–Crippen LogP) is 4.99. The topological polar surface area (TPSA) is 74.0 Å². The summed E-state index contributed by atoms with van der Waals surface area (Å²) in [4.78, 5) is 13.0. The van der Waals surface area contributed by atoms with Crippen LogP contribution in [0.1, 0.15) is 16.1 Å². The fourth-order valence-electron chi connectivity index (χ4n) is 3.02. The summed E-state index contributed by atoms with van der Waals surface area (Å²) in [5.41, 5.74) is 0.0950. The number of benzene rings is 2. The van der Waals surface area contributed by atoms with E-state index in [0.29, 0.717) is 16.4 Å². The molecule has 0 spiro atoms. The quantitative estimate of drug-likeness (QED) is 0.454. The van der Waals surface area contributed by atoms with Gasteiger partial charge in [-0.1, -0.05) is 17.7 Å². The standard InChI is InChI=1S/C21H15ClF3N5O2/c1-32-18-12-30(15-5-2-4-13(10-15)21(23,24)25)28-19(18)20(31)27-16-11-14(22)6-7-17(16)29-9-3-8-26-29/h2-12H,1H3,(H,27,31). The highest BCUT2D eigenvalue weighted by Crippen LogP contribution is 2.31. The van der Waals surface area contributed by atoms with Crippen LogP contribution in [0.3, 0.4) is 0 Å². The average molecular weight is 462 g/mol. The highest BCUT2D eigenvalue weighted by atomic mass is 35.5. The second-order valence-corrected chi connectivity index (χ2v) is 7.04. The highest BCUT2D eigenvalue weighted by molar-refractivity contribution is 6.31. The summed E-state index contributed by atoms with van der Waals surface area (Å²) in [6.07, 6.45) is 0.0987. The van der Waals surface area contributed by atoms with Crippen molar-refractivity contribution in [2.24, 2.45) is 0 Å². The molecular formula is C21H15ClF3N5O2. The Hall–Kier alpha value is -3.79. The van der Waals surface area contributed by atoms with Gasteiger partial charge in [-0.05, 0) is 42.5 Å². The van der Waals surface area contributed by atoms with E-state index in [9.17, 15) is 18.0 Å². The molecular weight excluding hydrogens is 447 g/mol. The van der Waals surface area contributed by atoms with Crippen LogP contribution in [0.2, 0.25) is 5.02 Å². The number of hydrogen-bond donors (Lipinski definition) is 1. The third-order valence-electron chi connectivity index (χ3n) is 4.51. The molecule has 1 amide bonds. The van der Waals surface area contributed by atoms with Gasteiger partial charge in [0.05, 0.1) is 35.9 Å². The maximum Gasteiger partial charge on any atom is 0.416 e. The average Bonchev–Trinajstić information content (AvgIpc) is 3.43. The van der Waals surface area contributed by atoms with Gasteiger partial charge in [0, 0.05) is 17.4 Å². The van der Waals surface area contributed by atoms with E-state index < -0.39 is 17.6 Å². The highest BCUT2D eigenvalue weighted by Gasteiger charge is 2.31.